The molecule has 3 aromatic rings. The van der Waals surface area contributed by atoms with Gasteiger partial charge in [-0.2, -0.15) is 0 Å². The van der Waals surface area contributed by atoms with Crippen LogP contribution in [0.5, 0.6) is 0 Å². The summed E-state index contributed by atoms with van der Waals surface area (Å²) in [5, 5.41) is 4.79. The van der Waals surface area contributed by atoms with Gasteiger partial charge in [-0.05, 0) is 57.9 Å². The molecule has 0 atom stereocenters. The zero-order valence-corrected chi connectivity index (χ0v) is 7.54. The number of benzene rings is 3. The van der Waals surface area contributed by atoms with Crippen LogP contribution in [0.4, 0.5) is 0 Å². The molecular weight excluding hydrogens is 168 g/mol. The highest BCUT2D eigenvalue weighted by atomic mass is 14.0. The van der Waals surface area contributed by atoms with Gasteiger partial charge in [-0.25, -0.2) is 0 Å². The maximum absolute atomic E-state index is 3.17. The molecule has 0 aliphatic carbocycles. The van der Waals surface area contributed by atoms with Crippen molar-refractivity contribution in [2.45, 2.75) is 0 Å². The zero-order chi connectivity index (χ0) is 9.38. The molecule has 0 nitrogen and oxygen atoms in total. The van der Waals surface area contributed by atoms with Gasteiger partial charge >= 0.3 is 0 Å². The van der Waals surface area contributed by atoms with E-state index in [9.17, 15) is 0 Å². The molecule has 3 radical (unpaired) electrons. The van der Waals surface area contributed by atoms with E-state index in [1.54, 1.807) is 0 Å². The molecular formula is C14H7. The van der Waals surface area contributed by atoms with Crippen LogP contribution >= 0.6 is 0 Å². The Hall–Kier alpha value is -1.82. The largest absolute Gasteiger partial charge is 0.0537 e. The lowest BCUT2D eigenvalue weighted by Crippen LogP contribution is -1.76. The van der Waals surface area contributed by atoms with E-state index in [1.807, 2.05) is 24.3 Å². The van der Waals surface area contributed by atoms with Gasteiger partial charge in [-0.15, -0.1) is 0 Å². The van der Waals surface area contributed by atoms with E-state index in [4.69, 9.17) is 0 Å². The number of hydrogen-bond acceptors (Lipinski definition) is 0. The van der Waals surface area contributed by atoms with Gasteiger partial charge in [-0.1, -0.05) is 24.3 Å². The van der Waals surface area contributed by atoms with Crippen molar-refractivity contribution < 1.29 is 0 Å². The summed E-state index contributed by atoms with van der Waals surface area (Å²) < 4.78 is 0. The van der Waals surface area contributed by atoms with Crippen LogP contribution in [0.1, 0.15) is 0 Å². The highest BCUT2D eigenvalue weighted by Crippen LogP contribution is 2.23. The molecule has 0 heteroatoms. The van der Waals surface area contributed by atoms with Gasteiger partial charge in [-0.3, -0.25) is 0 Å². The maximum Gasteiger partial charge on any atom is -0.00926 e. The monoisotopic (exact) mass is 175 g/mol. The third-order valence-corrected chi connectivity index (χ3v) is 2.45. The minimum atomic E-state index is 1.14. The van der Waals surface area contributed by atoms with Crippen LogP contribution in [-0.4, -0.2) is 0 Å². The average molecular weight is 175 g/mol. The van der Waals surface area contributed by atoms with Crippen molar-refractivity contribution in [3.05, 3.63) is 60.7 Å². The van der Waals surface area contributed by atoms with Crippen molar-refractivity contribution in [3.8, 4) is 0 Å². The number of fused-ring (bicyclic) bond motifs is 3. The van der Waals surface area contributed by atoms with Gasteiger partial charge < -0.3 is 0 Å². The van der Waals surface area contributed by atoms with Crippen molar-refractivity contribution in [1.82, 2.24) is 0 Å². The third-order valence-electron chi connectivity index (χ3n) is 2.45. The predicted octanol–water partition coefficient (Wildman–Crippen LogP) is 3.39. The summed E-state index contributed by atoms with van der Waals surface area (Å²) in [6.07, 6.45) is 0. The first-order chi connectivity index (χ1) is 6.95. The SMILES string of the molecule is [c]1c[c]c2ccc3cc[c]cc3c2c1. The second-order valence-electron chi connectivity index (χ2n) is 3.27. The highest BCUT2D eigenvalue weighted by molar-refractivity contribution is 6.06. The molecule has 0 aliphatic rings. The van der Waals surface area contributed by atoms with E-state index in [1.165, 1.54) is 16.2 Å². The molecule has 0 unspecified atom stereocenters. The molecule has 0 N–H and O–H groups in total. The molecule has 0 amide bonds. The zero-order valence-electron chi connectivity index (χ0n) is 7.54. The van der Waals surface area contributed by atoms with Crippen molar-refractivity contribution in [2.24, 2.45) is 0 Å². The molecule has 0 fully saturated rings. The molecule has 0 aliphatic heterocycles. The minimum absolute atomic E-state index is 1.14. The van der Waals surface area contributed by atoms with E-state index in [0.717, 1.165) is 5.39 Å². The third kappa shape index (κ3) is 1.01. The van der Waals surface area contributed by atoms with Gasteiger partial charge in [0.25, 0.3) is 0 Å². The van der Waals surface area contributed by atoms with Crippen LogP contribution in [0.3, 0.4) is 0 Å². The first kappa shape index (κ1) is 7.57. The Morgan fingerprint density at radius 2 is 1.79 bits per heavy atom. The lowest BCUT2D eigenvalue weighted by Gasteiger charge is -2.01. The van der Waals surface area contributed by atoms with Gasteiger partial charge in [0.05, 0.1) is 0 Å². The van der Waals surface area contributed by atoms with Crippen molar-refractivity contribution in [2.75, 3.05) is 0 Å². The Labute approximate surface area is 82.8 Å². The summed E-state index contributed by atoms with van der Waals surface area (Å²) in [4.78, 5) is 0. The Bertz CT molecular complexity index is 539. The van der Waals surface area contributed by atoms with E-state index in [0.29, 0.717) is 0 Å². The maximum atomic E-state index is 3.17. The fraction of sp³-hybridized carbons (Fsp3) is 0. The summed E-state index contributed by atoms with van der Waals surface area (Å²) in [5.41, 5.74) is 0. The lowest BCUT2D eigenvalue weighted by molar-refractivity contribution is 1.74. The first-order valence-corrected chi connectivity index (χ1v) is 4.55. The standard InChI is InChI=1S/C14H7/c1-3-7-13-11(5-1)9-10-12-6-2-4-8-14(12)13/h1-2,5,7-10H. The molecule has 0 saturated carbocycles. The summed E-state index contributed by atoms with van der Waals surface area (Å²) in [5.74, 6) is 0. The van der Waals surface area contributed by atoms with Crippen molar-refractivity contribution in [3.63, 3.8) is 0 Å². The fourth-order valence-corrected chi connectivity index (χ4v) is 1.75. The van der Waals surface area contributed by atoms with Gasteiger partial charge in [0.2, 0.25) is 0 Å². The molecule has 0 aromatic heterocycles. The summed E-state index contributed by atoms with van der Waals surface area (Å²) in [7, 11) is 0. The van der Waals surface area contributed by atoms with E-state index in [-0.39, 0.29) is 0 Å². The molecule has 3 rings (SSSR count). The predicted molar refractivity (Wildman–Crippen MR) is 58.0 cm³/mol. The fourth-order valence-electron chi connectivity index (χ4n) is 1.75. The van der Waals surface area contributed by atoms with Crippen LogP contribution in [0.25, 0.3) is 21.5 Å². The van der Waals surface area contributed by atoms with Gasteiger partial charge in [0.1, 0.15) is 0 Å². The molecule has 0 spiro atoms. The first-order valence-electron chi connectivity index (χ1n) is 4.55. The molecule has 3 aromatic carbocycles. The lowest BCUT2D eigenvalue weighted by atomic mass is 10.0. The molecule has 0 saturated heterocycles. The second kappa shape index (κ2) is 2.85. The van der Waals surface area contributed by atoms with Crippen LogP contribution in [0.2, 0.25) is 0 Å². The van der Waals surface area contributed by atoms with Crippen molar-refractivity contribution >= 4 is 21.5 Å². The summed E-state index contributed by atoms with van der Waals surface area (Å²) in [6, 6.07) is 23.4. The quantitative estimate of drug-likeness (QED) is 0.459. The van der Waals surface area contributed by atoms with E-state index < -0.39 is 0 Å². The van der Waals surface area contributed by atoms with Gasteiger partial charge in [0, 0.05) is 0 Å². The molecule has 0 heterocycles. The van der Waals surface area contributed by atoms with Crippen LogP contribution < -0.4 is 0 Å². The van der Waals surface area contributed by atoms with Crippen LogP contribution in [-0.2, 0) is 0 Å². The Morgan fingerprint density at radius 1 is 0.857 bits per heavy atom. The Morgan fingerprint density at radius 3 is 2.79 bits per heavy atom. The topological polar surface area (TPSA) is 0 Å². The minimum Gasteiger partial charge on any atom is -0.0537 e. The van der Waals surface area contributed by atoms with E-state index in [2.05, 4.69) is 36.4 Å². The van der Waals surface area contributed by atoms with Gasteiger partial charge in [0.15, 0.2) is 0 Å². The normalized spacial score (nSPS) is 10.9. The summed E-state index contributed by atoms with van der Waals surface area (Å²) >= 11 is 0. The molecule has 0 bridgehead atoms. The van der Waals surface area contributed by atoms with Crippen LogP contribution in [0, 0.1) is 18.2 Å². The Balaban J connectivity index is 2.61. The van der Waals surface area contributed by atoms with Crippen LogP contribution in [0.15, 0.2) is 42.5 Å². The number of hydrogen-bond donors (Lipinski definition) is 0. The summed E-state index contributed by atoms with van der Waals surface area (Å²) in [6.45, 7) is 0. The average Bonchev–Trinajstić information content (AvgIpc) is 2.29. The number of rotatable bonds is 0. The Kier molecular flexibility index (Phi) is 1.54. The highest BCUT2D eigenvalue weighted by Gasteiger charge is 1.97. The van der Waals surface area contributed by atoms with E-state index >= 15 is 0 Å². The second-order valence-corrected chi connectivity index (χ2v) is 3.27. The smallest absolute Gasteiger partial charge is 0.00926 e. The van der Waals surface area contributed by atoms with Crippen molar-refractivity contribution in [1.29, 1.82) is 0 Å². The molecule has 14 heavy (non-hydrogen) atoms. The molecule has 63 valence electrons.